The van der Waals surface area contributed by atoms with Crippen LogP contribution in [0.5, 0.6) is 0 Å². The third-order valence-electron chi connectivity index (χ3n) is 5.73. The summed E-state index contributed by atoms with van der Waals surface area (Å²) in [5.41, 5.74) is 7.58. The molecular formula is C21H34N4O3Si. The van der Waals surface area contributed by atoms with Gasteiger partial charge in [-0.25, -0.2) is 4.98 Å². The lowest BCUT2D eigenvalue weighted by atomic mass is 9.86. The van der Waals surface area contributed by atoms with Crippen molar-refractivity contribution < 1.29 is 14.6 Å². The van der Waals surface area contributed by atoms with E-state index in [9.17, 15) is 9.90 Å². The van der Waals surface area contributed by atoms with Crippen LogP contribution >= 0.6 is 0 Å². The van der Waals surface area contributed by atoms with Crippen LogP contribution in [0, 0.1) is 5.92 Å². The van der Waals surface area contributed by atoms with Crippen molar-refractivity contribution >= 4 is 30.7 Å². The number of aliphatic hydroxyl groups excluding tert-OH is 1. The van der Waals surface area contributed by atoms with E-state index in [2.05, 4.69) is 29.9 Å². The first-order valence-electron chi connectivity index (χ1n) is 10.5. The van der Waals surface area contributed by atoms with E-state index < -0.39 is 14.0 Å². The lowest BCUT2D eigenvalue weighted by molar-refractivity contribution is 0.0899. The number of nitrogens with zero attached hydrogens (tertiary/aromatic N) is 2. The van der Waals surface area contributed by atoms with Crippen molar-refractivity contribution in [3.63, 3.8) is 0 Å². The molecule has 3 rings (SSSR count). The SMILES string of the molecule is C[Si](C)(C)CCOCn1ccc2c(NC3CCC(CO)CC3)c(C(N)=O)cnc21. The van der Waals surface area contributed by atoms with Crippen molar-refractivity contribution in [1.82, 2.24) is 9.55 Å². The molecule has 160 valence electrons. The maximum absolute atomic E-state index is 12.0. The quantitative estimate of drug-likeness (QED) is 0.428. The zero-order chi connectivity index (χ0) is 21.0. The summed E-state index contributed by atoms with van der Waals surface area (Å²) < 4.78 is 7.85. The predicted octanol–water partition coefficient (Wildman–Crippen LogP) is 3.41. The highest BCUT2D eigenvalue weighted by molar-refractivity contribution is 6.76. The van der Waals surface area contributed by atoms with Gasteiger partial charge in [0.2, 0.25) is 0 Å². The predicted molar refractivity (Wildman–Crippen MR) is 119 cm³/mol. The fourth-order valence-electron chi connectivity index (χ4n) is 3.82. The Balaban J connectivity index is 1.77. The number of aliphatic hydroxyl groups is 1. The van der Waals surface area contributed by atoms with Gasteiger partial charge in [0.15, 0.2) is 0 Å². The number of hydrogen-bond donors (Lipinski definition) is 3. The molecule has 0 saturated heterocycles. The molecule has 2 heterocycles. The number of nitrogens with one attached hydrogen (secondary N) is 1. The normalized spacial score (nSPS) is 20.1. The number of carbonyl (C=O) groups is 1. The summed E-state index contributed by atoms with van der Waals surface area (Å²) in [6.07, 6.45) is 7.41. The molecule has 2 aromatic rings. The molecule has 4 N–H and O–H groups in total. The lowest BCUT2D eigenvalue weighted by Crippen LogP contribution is -2.28. The molecule has 0 unspecified atom stereocenters. The van der Waals surface area contributed by atoms with Crippen LogP contribution in [0.15, 0.2) is 18.5 Å². The number of aromatic nitrogens is 2. The van der Waals surface area contributed by atoms with E-state index in [-0.39, 0.29) is 12.6 Å². The van der Waals surface area contributed by atoms with E-state index >= 15 is 0 Å². The number of rotatable bonds is 9. The highest BCUT2D eigenvalue weighted by atomic mass is 28.3. The van der Waals surface area contributed by atoms with Crippen molar-refractivity contribution in [2.45, 2.75) is 64.1 Å². The summed E-state index contributed by atoms with van der Waals surface area (Å²) in [5, 5.41) is 13.8. The Kier molecular flexibility index (Phi) is 6.97. The second kappa shape index (κ2) is 9.28. The van der Waals surface area contributed by atoms with Crippen molar-refractivity contribution in [2.75, 3.05) is 18.5 Å². The Morgan fingerprint density at radius 3 is 2.69 bits per heavy atom. The molecule has 0 aliphatic heterocycles. The second-order valence-electron chi connectivity index (χ2n) is 9.33. The average molecular weight is 419 g/mol. The van der Waals surface area contributed by atoms with Crippen molar-refractivity contribution in [3.05, 3.63) is 24.0 Å². The van der Waals surface area contributed by atoms with Crippen LogP contribution < -0.4 is 11.1 Å². The molecule has 0 atom stereocenters. The molecule has 0 aromatic carbocycles. The van der Waals surface area contributed by atoms with E-state index in [0.717, 1.165) is 55.1 Å². The summed E-state index contributed by atoms with van der Waals surface area (Å²) >= 11 is 0. The summed E-state index contributed by atoms with van der Waals surface area (Å²) in [5.74, 6) is -0.0967. The van der Waals surface area contributed by atoms with Crippen LogP contribution in [0.4, 0.5) is 5.69 Å². The number of amides is 1. The minimum atomic E-state index is -1.12. The molecule has 0 radical (unpaired) electrons. The zero-order valence-corrected chi connectivity index (χ0v) is 18.8. The van der Waals surface area contributed by atoms with Gasteiger partial charge in [0, 0.05) is 45.1 Å². The molecule has 1 amide bonds. The maximum Gasteiger partial charge on any atom is 0.252 e. The average Bonchev–Trinajstić information content (AvgIpc) is 3.08. The molecule has 8 heteroatoms. The van der Waals surface area contributed by atoms with Gasteiger partial charge in [-0.2, -0.15) is 0 Å². The lowest BCUT2D eigenvalue weighted by Gasteiger charge is -2.29. The Morgan fingerprint density at radius 1 is 1.34 bits per heavy atom. The maximum atomic E-state index is 12.0. The van der Waals surface area contributed by atoms with Gasteiger partial charge in [0.1, 0.15) is 12.4 Å². The monoisotopic (exact) mass is 418 g/mol. The van der Waals surface area contributed by atoms with Gasteiger partial charge in [-0.15, -0.1) is 0 Å². The zero-order valence-electron chi connectivity index (χ0n) is 17.8. The fraction of sp³-hybridized carbons (Fsp3) is 0.619. The van der Waals surface area contributed by atoms with E-state index in [4.69, 9.17) is 10.5 Å². The van der Waals surface area contributed by atoms with Gasteiger partial charge in [-0.05, 0) is 43.7 Å². The molecule has 29 heavy (non-hydrogen) atoms. The molecule has 0 spiro atoms. The molecule has 1 fully saturated rings. The van der Waals surface area contributed by atoms with Crippen molar-refractivity contribution in [1.29, 1.82) is 0 Å². The minimum absolute atomic E-state index is 0.249. The van der Waals surface area contributed by atoms with Gasteiger partial charge in [-0.3, -0.25) is 4.79 Å². The molecule has 1 aliphatic carbocycles. The van der Waals surface area contributed by atoms with Crippen LogP contribution in [-0.2, 0) is 11.5 Å². The standard InChI is InChI=1S/C21H34N4O3Si/c1-29(2,3)11-10-28-14-25-9-8-17-19(18(20(22)27)12-23-21(17)25)24-16-6-4-15(13-26)5-7-16/h8-9,12,15-16,26H,4-7,10-11,13-14H2,1-3H3,(H2,22,27)(H,23,24). The van der Waals surface area contributed by atoms with Gasteiger partial charge in [0.25, 0.3) is 5.91 Å². The topological polar surface area (TPSA) is 102 Å². The number of ether oxygens (including phenoxy) is 1. The minimum Gasteiger partial charge on any atom is -0.396 e. The molecule has 2 aromatic heterocycles. The number of nitrogens with two attached hydrogens (primary N) is 1. The molecule has 0 bridgehead atoms. The van der Waals surface area contributed by atoms with Gasteiger partial charge >= 0.3 is 0 Å². The highest BCUT2D eigenvalue weighted by Crippen LogP contribution is 2.31. The van der Waals surface area contributed by atoms with Crippen LogP contribution in [0.3, 0.4) is 0 Å². The summed E-state index contributed by atoms with van der Waals surface area (Å²) in [4.78, 5) is 16.5. The Hall–Kier alpha value is -1.90. The number of hydrogen-bond acceptors (Lipinski definition) is 5. The third-order valence-corrected chi connectivity index (χ3v) is 7.44. The van der Waals surface area contributed by atoms with Crippen LogP contribution in [0.1, 0.15) is 36.0 Å². The van der Waals surface area contributed by atoms with Crippen LogP contribution in [-0.4, -0.2) is 47.9 Å². The van der Waals surface area contributed by atoms with Crippen molar-refractivity contribution in [3.8, 4) is 0 Å². The molecule has 7 nitrogen and oxygen atoms in total. The summed E-state index contributed by atoms with van der Waals surface area (Å²) in [6.45, 7) is 8.44. The first-order chi connectivity index (χ1) is 13.8. The number of fused-ring (bicyclic) bond motifs is 1. The Labute approximate surface area is 173 Å². The van der Waals surface area contributed by atoms with Crippen molar-refractivity contribution in [2.24, 2.45) is 11.7 Å². The smallest absolute Gasteiger partial charge is 0.252 e. The fourth-order valence-corrected chi connectivity index (χ4v) is 4.58. The molecule has 1 saturated carbocycles. The first kappa shape index (κ1) is 21.8. The van der Waals surface area contributed by atoms with E-state index in [1.165, 1.54) is 0 Å². The largest absolute Gasteiger partial charge is 0.396 e. The number of anilines is 1. The van der Waals surface area contributed by atoms with Crippen LogP contribution in [0.2, 0.25) is 25.7 Å². The van der Waals surface area contributed by atoms with Gasteiger partial charge in [-0.1, -0.05) is 19.6 Å². The molecular weight excluding hydrogens is 384 g/mol. The summed E-state index contributed by atoms with van der Waals surface area (Å²) in [7, 11) is -1.12. The van der Waals surface area contributed by atoms with E-state index in [0.29, 0.717) is 18.2 Å². The van der Waals surface area contributed by atoms with Gasteiger partial charge in [0.05, 0.1) is 11.3 Å². The second-order valence-corrected chi connectivity index (χ2v) is 14.9. The Bertz CT molecular complexity index is 838. The number of primary amides is 1. The summed E-state index contributed by atoms with van der Waals surface area (Å²) in [6, 6.07) is 3.35. The van der Waals surface area contributed by atoms with Crippen LogP contribution in [0.25, 0.3) is 11.0 Å². The highest BCUT2D eigenvalue weighted by Gasteiger charge is 2.23. The van der Waals surface area contributed by atoms with E-state index in [1.807, 2.05) is 16.8 Å². The third kappa shape index (κ3) is 5.58. The number of pyridine rings is 1. The number of carbonyl (C=O) groups excluding carboxylic acids is 1. The molecule has 1 aliphatic rings. The Morgan fingerprint density at radius 2 is 2.07 bits per heavy atom. The first-order valence-corrected chi connectivity index (χ1v) is 14.2. The van der Waals surface area contributed by atoms with E-state index in [1.54, 1.807) is 6.20 Å². The van der Waals surface area contributed by atoms with Gasteiger partial charge < -0.3 is 25.5 Å².